The monoisotopic (exact) mass is 671 g/mol. The molecule has 2 aromatic heterocycles. The van der Waals surface area contributed by atoms with E-state index in [2.05, 4.69) is 10.3 Å². The van der Waals surface area contributed by atoms with E-state index in [0.717, 1.165) is 25.1 Å². The van der Waals surface area contributed by atoms with Crippen molar-refractivity contribution in [1.82, 2.24) is 19.4 Å². The molecule has 1 unspecified atom stereocenters. The number of likely N-dealkylation sites (tertiary alicyclic amines) is 1. The van der Waals surface area contributed by atoms with E-state index >= 15 is 4.39 Å². The molecule has 5 heterocycles. The molecular formula is C35H34FN5O6S. The molecule has 3 aliphatic heterocycles. The number of thiophene rings is 1. The van der Waals surface area contributed by atoms with Crippen LogP contribution in [-0.4, -0.2) is 68.8 Å². The number of aryl methyl sites for hydroxylation is 1. The molecule has 13 heteroatoms. The molecule has 4 aromatic rings. The van der Waals surface area contributed by atoms with Gasteiger partial charge in [0, 0.05) is 49.3 Å². The molecule has 1 N–H and O–H groups in total. The number of halogens is 1. The molecule has 1 fully saturated rings. The highest BCUT2D eigenvalue weighted by molar-refractivity contribution is 7.14. The fraction of sp³-hybridized carbons (Fsp3) is 0.343. The number of carbonyl (C=O) groups is 4. The minimum atomic E-state index is -1.02. The fourth-order valence-electron chi connectivity index (χ4n) is 6.66. The number of esters is 1. The lowest BCUT2D eigenvalue weighted by atomic mass is 9.99. The molecule has 11 nitrogen and oxygen atoms in total. The van der Waals surface area contributed by atoms with Crippen molar-refractivity contribution < 1.29 is 33.0 Å². The maximum atomic E-state index is 15.7. The zero-order valence-electron chi connectivity index (χ0n) is 26.3. The molecule has 1 saturated heterocycles. The second-order valence-electron chi connectivity index (χ2n) is 12.0. The predicted molar refractivity (Wildman–Crippen MR) is 175 cm³/mol. The Kier molecular flexibility index (Phi) is 8.69. The maximum Gasteiger partial charge on any atom is 0.397 e. The van der Waals surface area contributed by atoms with E-state index < -0.39 is 29.6 Å². The average molecular weight is 672 g/mol. The predicted octanol–water partition coefficient (Wildman–Crippen LogP) is 4.97. The van der Waals surface area contributed by atoms with Gasteiger partial charge in [-0.2, -0.15) is 0 Å². The molecule has 1 atom stereocenters. The Morgan fingerprint density at radius 3 is 2.60 bits per heavy atom. The highest BCUT2D eigenvalue weighted by Crippen LogP contribution is 2.38. The summed E-state index contributed by atoms with van der Waals surface area (Å²) in [5.74, 6) is -2.19. The number of rotatable bonds is 8. The van der Waals surface area contributed by atoms with Gasteiger partial charge in [0.1, 0.15) is 17.7 Å². The third-order valence-electron chi connectivity index (χ3n) is 9.06. The van der Waals surface area contributed by atoms with Crippen LogP contribution >= 0.6 is 11.3 Å². The zero-order chi connectivity index (χ0) is 33.4. The summed E-state index contributed by atoms with van der Waals surface area (Å²) in [5.41, 5.74) is 3.14. The summed E-state index contributed by atoms with van der Waals surface area (Å²) in [6.45, 7) is 3.33. The first-order chi connectivity index (χ1) is 23.3. The lowest BCUT2D eigenvalue weighted by Crippen LogP contribution is -2.45. The Hall–Kier alpha value is -5.04. The number of fused-ring (bicyclic) bond motifs is 2. The number of hydrogen-bond donors (Lipinski definition) is 1. The average Bonchev–Trinajstić information content (AvgIpc) is 3.90. The van der Waals surface area contributed by atoms with E-state index in [1.54, 1.807) is 49.6 Å². The van der Waals surface area contributed by atoms with Gasteiger partial charge >= 0.3 is 11.9 Å². The van der Waals surface area contributed by atoms with Gasteiger partial charge in [-0.25, -0.2) is 14.2 Å². The Bertz CT molecular complexity index is 1870. The van der Waals surface area contributed by atoms with E-state index in [9.17, 15) is 19.2 Å². The van der Waals surface area contributed by atoms with Gasteiger partial charge in [-0.1, -0.05) is 12.1 Å². The summed E-state index contributed by atoms with van der Waals surface area (Å²) in [6.07, 6.45) is 4.38. The van der Waals surface area contributed by atoms with Gasteiger partial charge in [0.2, 0.25) is 0 Å². The highest BCUT2D eigenvalue weighted by Gasteiger charge is 2.42. The molecule has 3 aliphatic rings. The number of nitrogens with zero attached hydrogens (tertiary/aromatic N) is 4. The number of hydrogen-bond acceptors (Lipinski definition) is 8. The number of anilines is 1. The van der Waals surface area contributed by atoms with Crippen LogP contribution in [-0.2, 0) is 38.6 Å². The Balaban J connectivity index is 1.06. The normalized spacial score (nSPS) is 16.4. The van der Waals surface area contributed by atoms with Gasteiger partial charge in [-0.05, 0) is 72.7 Å². The molecule has 0 radical (unpaired) electrons. The van der Waals surface area contributed by atoms with Crippen LogP contribution < -0.4 is 10.1 Å². The van der Waals surface area contributed by atoms with Gasteiger partial charge in [0.05, 0.1) is 30.2 Å². The van der Waals surface area contributed by atoms with Crippen molar-refractivity contribution in [3.8, 4) is 16.9 Å². The Labute approximate surface area is 280 Å². The van der Waals surface area contributed by atoms with E-state index in [1.807, 2.05) is 16.0 Å². The standard InChI is InChI=1S/C35H34FN5O6S/c1-2-46-35(45)34(44)39-14-11-24(12-15-39)47-23-9-7-21(8-10-23)22-17-25-26(27(36)18-22)19-41(33(25)43)31(32(42)38-29-6-4-16-48-29)30-28-5-3-13-40(28)20-37-30/h4,6-10,16-18,20,24,31H,2-3,5,11-15,19H2,1H3,(H,38,42). The molecule has 248 valence electrons. The number of nitrogens with one attached hydrogen (secondary N) is 1. The first-order valence-corrected chi connectivity index (χ1v) is 16.9. The van der Waals surface area contributed by atoms with Crippen molar-refractivity contribution in [2.75, 3.05) is 25.0 Å². The second-order valence-corrected chi connectivity index (χ2v) is 13.0. The molecule has 48 heavy (non-hydrogen) atoms. The molecule has 0 aliphatic carbocycles. The topological polar surface area (TPSA) is 123 Å². The summed E-state index contributed by atoms with van der Waals surface area (Å²) in [4.78, 5) is 59.2. The first kappa shape index (κ1) is 31.6. The van der Waals surface area contributed by atoms with Crippen LogP contribution in [0.25, 0.3) is 11.1 Å². The minimum absolute atomic E-state index is 0.0495. The molecular weight excluding hydrogens is 637 g/mol. The van der Waals surface area contributed by atoms with Gasteiger partial charge in [-0.3, -0.25) is 14.4 Å². The number of imidazole rings is 1. The van der Waals surface area contributed by atoms with Crippen LogP contribution in [0.2, 0.25) is 0 Å². The summed E-state index contributed by atoms with van der Waals surface area (Å²) in [7, 11) is 0. The SMILES string of the molecule is CCOC(=O)C(=O)N1CCC(Oc2ccc(-c3cc(F)c4c(c3)C(=O)N(C(C(=O)Nc3cccs3)c3ncn5c3CCC5)C4)cc2)CC1. The second kappa shape index (κ2) is 13.2. The van der Waals surface area contributed by atoms with Gasteiger partial charge < -0.3 is 29.2 Å². The van der Waals surface area contributed by atoms with Crippen molar-refractivity contribution >= 4 is 40.0 Å². The Morgan fingerprint density at radius 2 is 1.88 bits per heavy atom. The quantitative estimate of drug-likeness (QED) is 0.207. The number of benzene rings is 2. The smallest absolute Gasteiger partial charge is 0.397 e. The number of ether oxygens (including phenoxy) is 2. The third-order valence-corrected chi connectivity index (χ3v) is 9.85. The van der Waals surface area contributed by atoms with Crippen LogP contribution in [0, 0.1) is 5.82 Å². The Morgan fingerprint density at radius 1 is 1.08 bits per heavy atom. The fourth-order valence-corrected chi connectivity index (χ4v) is 7.28. The largest absolute Gasteiger partial charge is 0.490 e. The van der Waals surface area contributed by atoms with Crippen molar-refractivity contribution in [1.29, 1.82) is 0 Å². The van der Waals surface area contributed by atoms with Crippen molar-refractivity contribution in [3.05, 3.63) is 88.6 Å². The minimum Gasteiger partial charge on any atom is -0.490 e. The summed E-state index contributed by atoms with van der Waals surface area (Å²) in [5, 5.41) is 5.43. The molecule has 3 amide bonds. The van der Waals surface area contributed by atoms with Gasteiger partial charge in [-0.15, -0.1) is 11.3 Å². The number of aromatic nitrogens is 2. The molecule has 7 rings (SSSR count). The van der Waals surface area contributed by atoms with Crippen LogP contribution in [0.15, 0.2) is 60.2 Å². The van der Waals surface area contributed by atoms with Crippen LogP contribution in [0.3, 0.4) is 0 Å². The molecule has 0 saturated carbocycles. The van der Waals surface area contributed by atoms with Gasteiger partial charge in [0.25, 0.3) is 11.8 Å². The van der Waals surface area contributed by atoms with Crippen LogP contribution in [0.4, 0.5) is 9.39 Å². The molecule has 0 bridgehead atoms. The lowest BCUT2D eigenvalue weighted by Gasteiger charge is -2.31. The molecule has 0 spiro atoms. The number of piperidine rings is 1. The van der Waals surface area contributed by atoms with Crippen molar-refractivity contribution in [3.63, 3.8) is 0 Å². The van der Waals surface area contributed by atoms with Crippen molar-refractivity contribution in [2.24, 2.45) is 0 Å². The summed E-state index contributed by atoms with van der Waals surface area (Å²) >= 11 is 1.38. The number of carbonyl (C=O) groups excluding carboxylic acids is 4. The van der Waals surface area contributed by atoms with Crippen LogP contribution in [0.5, 0.6) is 5.75 Å². The van der Waals surface area contributed by atoms with Gasteiger partial charge in [0.15, 0.2) is 6.04 Å². The van der Waals surface area contributed by atoms with E-state index in [-0.39, 0.29) is 36.3 Å². The van der Waals surface area contributed by atoms with Crippen molar-refractivity contribution in [2.45, 2.75) is 57.8 Å². The van der Waals surface area contributed by atoms with E-state index in [4.69, 9.17) is 9.47 Å². The third kappa shape index (κ3) is 6.05. The highest BCUT2D eigenvalue weighted by atomic mass is 32.1. The zero-order valence-corrected chi connectivity index (χ0v) is 27.1. The lowest BCUT2D eigenvalue weighted by molar-refractivity contribution is -0.160. The van der Waals surface area contributed by atoms with Crippen LogP contribution in [0.1, 0.15) is 59.5 Å². The number of amides is 3. The first-order valence-electron chi connectivity index (χ1n) is 16.1. The molecule has 2 aromatic carbocycles. The van der Waals surface area contributed by atoms with E-state index in [1.165, 1.54) is 27.2 Å². The summed E-state index contributed by atoms with van der Waals surface area (Å²) < 4.78 is 28.7. The summed E-state index contributed by atoms with van der Waals surface area (Å²) in [6, 6.07) is 12.9. The maximum absolute atomic E-state index is 15.7. The van der Waals surface area contributed by atoms with E-state index in [0.29, 0.717) is 53.5 Å².